The average molecular weight is 245 g/mol. The van der Waals surface area contributed by atoms with Gasteiger partial charge in [0.1, 0.15) is 0 Å². The van der Waals surface area contributed by atoms with E-state index in [0.717, 1.165) is 21.5 Å². The van der Waals surface area contributed by atoms with Crippen molar-refractivity contribution in [3.8, 4) is 0 Å². The lowest BCUT2D eigenvalue weighted by Crippen LogP contribution is -2.09. The summed E-state index contributed by atoms with van der Waals surface area (Å²) >= 11 is 5.19. The summed E-state index contributed by atoms with van der Waals surface area (Å²) in [4.78, 5) is 0. The fourth-order valence-electron chi connectivity index (χ4n) is 1.38. The van der Waals surface area contributed by atoms with Crippen LogP contribution in [0.4, 0.5) is 0 Å². The second kappa shape index (κ2) is 3.40. The molecule has 0 bridgehead atoms. The molecule has 0 radical (unpaired) electrons. The lowest BCUT2D eigenvalue weighted by atomic mass is 10.0. The van der Waals surface area contributed by atoms with Gasteiger partial charge in [0, 0.05) is 16.0 Å². The summed E-state index contributed by atoms with van der Waals surface area (Å²) in [5.74, 6) is 1.85. The molecule has 1 aromatic carbocycles. The van der Waals surface area contributed by atoms with E-state index in [1.807, 2.05) is 12.1 Å². The van der Waals surface area contributed by atoms with Gasteiger partial charge in [-0.3, -0.25) is 0 Å². The first-order valence-corrected chi connectivity index (χ1v) is 5.76. The van der Waals surface area contributed by atoms with E-state index < -0.39 is 0 Å². The molecule has 64 valence electrons. The van der Waals surface area contributed by atoms with Gasteiger partial charge in [0.2, 0.25) is 0 Å². The maximum atomic E-state index is 9.64. The quantitative estimate of drug-likeness (QED) is 0.758. The molecule has 1 aromatic rings. The number of hydrogen-bond donors (Lipinski definition) is 1. The van der Waals surface area contributed by atoms with Crippen molar-refractivity contribution >= 4 is 27.7 Å². The van der Waals surface area contributed by atoms with Crippen LogP contribution in [0, 0.1) is 0 Å². The van der Waals surface area contributed by atoms with Crippen molar-refractivity contribution in [3.63, 3.8) is 0 Å². The molecular weight excluding hydrogens is 236 g/mol. The van der Waals surface area contributed by atoms with E-state index in [0.29, 0.717) is 0 Å². The molecule has 1 nitrogen and oxygen atoms in total. The molecule has 1 heterocycles. The van der Waals surface area contributed by atoms with Crippen molar-refractivity contribution < 1.29 is 5.11 Å². The van der Waals surface area contributed by atoms with Gasteiger partial charge in [0.25, 0.3) is 0 Å². The zero-order valence-electron chi connectivity index (χ0n) is 6.46. The predicted octanol–water partition coefficient (Wildman–Crippen LogP) is 2.73. The minimum atomic E-state index is -0.281. The highest BCUT2D eigenvalue weighted by Gasteiger charge is 2.17. The third-order valence-corrected chi connectivity index (χ3v) is 3.56. The smallest absolute Gasteiger partial charge is 0.0883 e. The summed E-state index contributed by atoms with van der Waals surface area (Å²) in [6, 6.07) is 6.12. The van der Waals surface area contributed by atoms with Crippen LogP contribution >= 0.6 is 27.7 Å². The average Bonchev–Trinajstić information content (AvgIpc) is 2.07. The molecule has 0 aliphatic carbocycles. The van der Waals surface area contributed by atoms with Gasteiger partial charge < -0.3 is 5.11 Å². The maximum Gasteiger partial charge on any atom is 0.0883 e. The fraction of sp³-hybridized carbons (Fsp3) is 0.333. The van der Waals surface area contributed by atoms with E-state index in [9.17, 15) is 5.11 Å². The Labute approximate surface area is 84.3 Å². The number of aliphatic hydroxyl groups is 1. The summed E-state index contributed by atoms with van der Waals surface area (Å²) < 4.78 is 1.05. The normalized spacial score (nSPS) is 22.0. The van der Waals surface area contributed by atoms with Gasteiger partial charge in [0.05, 0.1) is 6.10 Å². The Kier molecular flexibility index (Phi) is 2.44. The molecule has 0 amide bonds. The Morgan fingerprint density at radius 1 is 1.50 bits per heavy atom. The van der Waals surface area contributed by atoms with E-state index in [-0.39, 0.29) is 6.10 Å². The van der Waals surface area contributed by atoms with Gasteiger partial charge in [-0.05, 0) is 23.3 Å². The topological polar surface area (TPSA) is 20.2 Å². The van der Waals surface area contributed by atoms with Crippen LogP contribution in [0.25, 0.3) is 0 Å². The molecule has 0 unspecified atom stereocenters. The Bertz CT molecular complexity index is 301. The summed E-state index contributed by atoms with van der Waals surface area (Å²) in [5.41, 5.74) is 2.35. The second-order valence-electron chi connectivity index (χ2n) is 2.87. The minimum absolute atomic E-state index is 0.281. The van der Waals surface area contributed by atoms with Crippen LogP contribution in [0.3, 0.4) is 0 Å². The molecule has 0 fully saturated rings. The first-order chi connectivity index (χ1) is 5.77. The number of aliphatic hydroxyl groups excluding tert-OH is 1. The number of rotatable bonds is 0. The Morgan fingerprint density at radius 2 is 2.33 bits per heavy atom. The summed E-state index contributed by atoms with van der Waals surface area (Å²) in [6.45, 7) is 0. The summed E-state index contributed by atoms with van der Waals surface area (Å²) in [5, 5.41) is 9.64. The van der Waals surface area contributed by atoms with Crippen LogP contribution in [0.5, 0.6) is 0 Å². The van der Waals surface area contributed by atoms with E-state index >= 15 is 0 Å². The molecule has 0 aromatic heterocycles. The van der Waals surface area contributed by atoms with Gasteiger partial charge in [-0.25, -0.2) is 0 Å². The number of hydrogen-bond acceptors (Lipinski definition) is 2. The fourth-order valence-corrected chi connectivity index (χ4v) is 2.76. The number of halogens is 1. The molecule has 1 aliphatic rings. The van der Waals surface area contributed by atoms with Crippen molar-refractivity contribution in [2.45, 2.75) is 11.9 Å². The van der Waals surface area contributed by atoms with Crippen molar-refractivity contribution in [2.24, 2.45) is 0 Å². The number of thioether (sulfide) groups is 1. The molecule has 1 atom stereocenters. The third-order valence-electron chi connectivity index (χ3n) is 2.00. The van der Waals surface area contributed by atoms with Gasteiger partial charge in [-0.2, -0.15) is 11.8 Å². The number of fused-ring (bicyclic) bond motifs is 1. The summed E-state index contributed by atoms with van der Waals surface area (Å²) in [7, 11) is 0. The first kappa shape index (κ1) is 8.60. The van der Waals surface area contributed by atoms with E-state index in [1.54, 1.807) is 11.8 Å². The van der Waals surface area contributed by atoms with E-state index in [2.05, 4.69) is 22.0 Å². The van der Waals surface area contributed by atoms with Crippen LogP contribution in [0.2, 0.25) is 0 Å². The van der Waals surface area contributed by atoms with Gasteiger partial charge in [-0.15, -0.1) is 0 Å². The molecule has 2 rings (SSSR count). The van der Waals surface area contributed by atoms with Crippen molar-refractivity contribution in [3.05, 3.63) is 33.8 Å². The Morgan fingerprint density at radius 3 is 3.17 bits per heavy atom. The highest BCUT2D eigenvalue weighted by atomic mass is 79.9. The van der Waals surface area contributed by atoms with Crippen molar-refractivity contribution in [2.75, 3.05) is 5.75 Å². The largest absolute Gasteiger partial charge is 0.388 e. The Balaban J connectivity index is 2.47. The van der Waals surface area contributed by atoms with Crippen LogP contribution in [0.1, 0.15) is 17.2 Å². The zero-order valence-corrected chi connectivity index (χ0v) is 8.86. The molecule has 12 heavy (non-hydrogen) atoms. The van der Waals surface area contributed by atoms with E-state index in [1.165, 1.54) is 5.56 Å². The van der Waals surface area contributed by atoms with Crippen molar-refractivity contribution in [1.82, 2.24) is 0 Å². The SMILES string of the molecule is O[C@H]1CSCc2ccc(Br)cc21. The van der Waals surface area contributed by atoms with Crippen LogP contribution < -0.4 is 0 Å². The van der Waals surface area contributed by atoms with E-state index in [4.69, 9.17) is 0 Å². The molecule has 3 heteroatoms. The highest BCUT2D eigenvalue weighted by molar-refractivity contribution is 9.10. The second-order valence-corrected chi connectivity index (χ2v) is 4.82. The molecule has 0 saturated carbocycles. The van der Waals surface area contributed by atoms with Crippen molar-refractivity contribution in [1.29, 1.82) is 0 Å². The standard InChI is InChI=1S/C9H9BrOS/c10-7-2-1-6-4-12-5-9(11)8(6)3-7/h1-3,9,11H,4-5H2/t9-/m0/s1. The molecule has 0 saturated heterocycles. The van der Waals surface area contributed by atoms with Gasteiger partial charge in [0.15, 0.2) is 0 Å². The number of benzene rings is 1. The Hall–Kier alpha value is 0.01000. The van der Waals surface area contributed by atoms with Gasteiger partial charge in [-0.1, -0.05) is 22.0 Å². The third kappa shape index (κ3) is 1.53. The first-order valence-electron chi connectivity index (χ1n) is 3.81. The minimum Gasteiger partial charge on any atom is -0.388 e. The predicted molar refractivity (Wildman–Crippen MR) is 55.3 cm³/mol. The molecule has 0 spiro atoms. The lowest BCUT2D eigenvalue weighted by molar-refractivity contribution is 0.201. The molecule has 1 aliphatic heterocycles. The monoisotopic (exact) mass is 244 g/mol. The highest BCUT2D eigenvalue weighted by Crippen LogP contribution is 2.32. The van der Waals surface area contributed by atoms with Gasteiger partial charge >= 0.3 is 0 Å². The van der Waals surface area contributed by atoms with Crippen LogP contribution in [-0.4, -0.2) is 10.9 Å². The summed E-state index contributed by atoms with van der Waals surface area (Å²) in [6.07, 6.45) is -0.281. The van der Waals surface area contributed by atoms with Crippen LogP contribution in [0.15, 0.2) is 22.7 Å². The maximum absolute atomic E-state index is 9.64. The van der Waals surface area contributed by atoms with Crippen LogP contribution in [-0.2, 0) is 5.75 Å². The zero-order chi connectivity index (χ0) is 8.55. The molecular formula is C9H9BrOS. The molecule has 1 N–H and O–H groups in total. The lowest BCUT2D eigenvalue weighted by Gasteiger charge is -2.20.